The normalized spacial score (nSPS) is 13.3. The maximum Gasteiger partial charge on any atom is 0.260 e. The molecule has 0 radical (unpaired) electrons. The van der Waals surface area contributed by atoms with Gasteiger partial charge in [-0.15, -0.1) is 0 Å². The highest BCUT2D eigenvalue weighted by Crippen LogP contribution is 2.29. The Balaban J connectivity index is 1.52. The topological polar surface area (TPSA) is 76.2 Å². The van der Waals surface area contributed by atoms with Gasteiger partial charge in [0.25, 0.3) is 5.56 Å². The molecule has 7 heteroatoms. The molecule has 0 aliphatic carbocycles. The van der Waals surface area contributed by atoms with Gasteiger partial charge in [0.05, 0.1) is 17.5 Å². The van der Waals surface area contributed by atoms with E-state index in [2.05, 4.69) is 15.3 Å². The van der Waals surface area contributed by atoms with Gasteiger partial charge < -0.3 is 14.8 Å². The molecule has 1 aromatic heterocycles. The van der Waals surface area contributed by atoms with Crippen LogP contribution in [0.4, 0.5) is 10.3 Å². The molecular formula is C18H16FN3O3. The number of hydrogen-bond acceptors (Lipinski definition) is 5. The van der Waals surface area contributed by atoms with Crippen LogP contribution in [0.15, 0.2) is 41.2 Å². The molecule has 128 valence electrons. The number of benzene rings is 2. The fraction of sp³-hybridized carbons (Fsp3) is 0.222. The van der Waals surface area contributed by atoms with Crippen LogP contribution in [0, 0.1) is 5.82 Å². The van der Waals surface area contributed by atoms with Crippen molar-refractivity contribution in [2.45, 2.75) is 13.0 Å². The van der Waals surface area contributed by atoms with E-state index in [4.69, 9.17) is 9.47 Å². The first-order chi connectivity index (χ1) is 12.2. The van der Waals surface area contributed by atoms with E-state index in [9.17, 15) is 9.18 Å². The van der Waals surface area contributed by atoms with Crippen molar-refractivity contribution in [3.05, 3.63) is 63.7 Å². The molecule has 25 heavy (non-hydrogen) atoms. The third-order valence-electron chi connectivity index (χ3n) is 4.05. The zero-order valence-electron chi connectivity index (χ0n) is 13.3. The quantitative estimate of drug-likeness (QED) is 0.763. The summed E-state index contributed by atoms with van der Waals surface area (Å²) < 4.78 is 24.4. The Labute approximate surface area is 142 Å². The summed E-state index contributed by atoms with van der Waals surface area (Å²) in [7, 11) is 0. The van der Waals surface area contributed by atoms with E-state index >= 15 is 0 Å². The number of H-pyrrole nitrogens is 1. The number of nitrogens with one attached hydrogen (secondary N) is 2. The molecule has 1 aliphatic heterocycles. The van der Waals surface area contributed by atoms with Gasteiger partial charge in [-0.2, -0.15) is 0 Å². The van der Waals surface area contributed by atoms with E-state index in [1.165, 1.54) is 12.1 Å². The van der Waals surface area contributed by atoms with Crippen LogP contribution in [0.5, 0.6) is 5.75 Å². The predicted octanol–water partition coefficient (Wildman–Crippen LogP) is 2.58. The lowest BCUT2D eigenvalue weighted by Gasteiger charge is -2.21. The maximum absolute atomic E-state index is 13.7. The molecule has 2 N–H and O–H groups in total. The van der Waals surface area contributed by atoms with Crippen LogP contribution in [0.25, 0.3) is 10.9 Å². The highest BCUT2D eigenvalue weighted by molar-refractivity contribution is 5.78. The summed E-state index contributed by atoms with van der Waals surface area (Å²) in [5.41, 5.74) is 1.89. The highest BCUT2D eigenvalue weighted by Gasteiger charge is 2.16. The van der Waals surface area contributed by atoms with E-state index in [0.717, 1.165) is 5.56 Å². The van der Waals surface area contributed by atoms with Crippen molar-refractivity contribution in [1.29, 1.82) is 0 Å². The Kier molecular flexibility index (Phi) is 4.07. The summed E-state index contributed by atoms with van der Waals surface area (Å²) in [6.07, 6.45) is 0.524. The van der Waals surface area contributed by atoms with Gasteiger partial charge in [0.1, 0.15) is 11.6 Å². The molecule has 0 atom stereocenters. The molecule has 0 bridgehead atoms. The minimum Gasteiger partial charge on any atom is -0.467 e. The number of aromatic amines is 1. The second-order valence-electron chi connectivity index (χ2n) is 5.77. The van der Waals surface area contributed by atoms with E-state index in [-0.39, 0.29) is 18.2 Å². The Morgan fingerprint density at radius 2 is 2.16 bits per heavy atom. The van der Waals surface area contributed by atoms with Gasteiger partial charge in [-0.25, -0.2) is 9.37 Å². The fourth-order valence-corrected chi connectivity index (χ4v) is 2.93. The van der Waals surface area contributed by atoms with Gasteiger partial charge in [0.2, 0.25) is 5.95 Å². The minimum absolute atomic E-state index is 0.165. The zero-order valence-corrected chi connectivity index (χ0v) is 13.3. The first-order valence-electron chi connectivity index (χ1n) is 7.95. The van der Waals surface area contributed by atoms with Crippen LogP contribution in [0.1, 0.15) is 11.1 Å². The fourth-order valence-electron chi connectivity index (χ4n) is 2.93. The van der Waals surface area contributed by atoms with E-state index in [0.29, 0.717) is 47.7 Å². The Hall–Kier alpha value is -2.93. The molecule has 0 spiro atoms. The molecule has 6 nitrogen and oxygen atoms in total. The molecule has 0 saturated carbocycles. The third-order valence-corrected chi connectivity index (χ3v) is 4.05. The Morgan fingerprint density at radius 1 is 1.28 bits per heavy atom. The summed E-state index contributed by atoms with van der Waals surface area (Å²) in [4.78, 5) is 19.1. The molecule has 0 fully saturated rings. The van der Waals surface area contributed by atoms with Gasteiger partial charge in [-0.3, -0.25) is 9.78 Å². The largest absolute Gasteiger partial charge is 0.467 e. The zero-order chi connectivity index (χ0) is 17.2. The number of nitrogens with zero attached hydrogens (tertiary/aromatic N) is 1. The molecular weight excluding hydrogens is 325 g/mol. The van der Waals surface area contributed by atoms with Gasteiger partial charge >= 0.3 is 0 Å². The van der Waals surface area contributed by atoms with Crippen molar-refractivity contribution in [3.8, 4) is 5.75 Å². The number of anilines is 1. The number of aromatic nitrogens is 2. The van der Waals surface area contributed by atoms with Crippen molar-refractivity contribution < 1.29 is 13.9 Å². The van der Waals surface area contributed by atoms with E-state index < -0.39 is 0 Å². The number of ether oxygens (including phenoxy) is 2. The molecule has 0 saturated heterocycles. The number of fused-ring (bicyclic) bond motifs is 2. The van der Waals surface area contributed by atoms with Crippen molar-refractivity contribution in [2.75, 3.05) is 18.7 Å². The first kappa shape index (κ1) is 15.6. The predicted molar refractivity (Wildman–Crippen MR) is 91.2 cm³/mol. The van der Waals surface area contributed by atoms with Crippen LogP contribution in [0.2, 0.25) is 0 Å². The first-order valence-corrected chi connectivity index (χ1v) is 7.95. The average Bonchev–Trinajstić information content (AvgIpc) is 2.61. The third kappa shape index (κ3) is 3.18. The van der Waals surface area contributed by atoms with Crippen LogP contribution in [-0.4, -0.2) is 23.3 Å². The van der Waals surface area contributed by atoms with Gasteiger partial charge in [-0.05, 0) is 36.2 Å². The summed E-state index contributed by atoms with van der Waals surface area (Å²) in [6, 6.07) is 10.0. The summed E-state index contributed by atoms with van der Waals surface area (Å²) in [6.45, 7) is 0.979. The lowest BCUT2D eigenvalue weighted by Crippen LogP contribution is -2.17. The van der Waals surface area contributed by atoms with Gasteiger partial charge in [0.15, 0.2) is 6.79 Å². The molecule has 0 amide bonds. The van der Waals surface area contributed by atoms with E-state index in [1.807, 2.05) is 6.07 Å². The molecule has 3 aromatic rings. The lowest BCUT2D eigenvalue weighted by atomic mass is 10.1. The lowest BCUT2D eigenvalue weighted by molar-refractivity contribution is -0.0172. The SMILES string of the molecule is O=c1[nH]c(NCCc2cc(F)cc3c2OCOC3)nc2ccccc12. The maximum atomic E-state index is 13.7. The van der Waals surface area contributed by atoms with Crippen molar-refractivity contribution >= 4 is 16.9 Å². The molecule has 2 aromatic carbocycles. The number of halogens is 1. The molecule has 0 unspecified atom stereocenters. The Bertz CT molecular complexity index is 987. The van der Waals surface area contributed by atoms with Gasteiger partial charge in [0, 0.05) is 12.1 Å². The van der Waals surface area contributed by atoms with Crippen LogP contribution < -0.4 is 15.6 Å². The summed E-state index contributed by atoms with van der Waals surface area (Å²) in [5.74, 6) is 0.743. The second kappa shape index (κ2) is 6.52. The number of hydrogen-bond donors (Lipinski definition) is 2. The number of rotatable bonds is 4. The van der Waals surface area contributed by atoms with Crippen molar-refractivity contribution in [2.24, 2.45) is 0 Å². The summed E-state index contributed by atoms with van der Waals surface area (Å²) >= 11 is 0. The average molecular weight is 341 g/mol. The van der Waals surface area contributed by atoms with Crippen LogP contribution in [0.3, 0.4) is 0 Å². The molecule has 4 rings (SSSR count). The van der Waals surface area contributed by atoms with Crippen LogP contribution in [-0.2, 0) is 17.8 Å². The highest BCUT2D eigenvalue weighted by atomic mass is 19.1. The number of para-hydroxylation sites is 1. The molecule has 1 aliphatic rings. The monoisotopic (exact) mass is 341 g/mol. The Morgan fingerprint density at radius 3 is 3.08 bits per heavy atom. The minimum atomic E-state index is -0.319. The second-order valence-corrected chi connectivity index (χ2v) is 5.77. The van der Waals surface area contributed by atoms with Crippen LogP contribution >= 0.6 is 0 Å². The molecule has 2 heterocycles. The standard InChI is InChI=1S/C18H16FN3O3/c19-13-7-11(16-12(8-13)9-24-10-25-16)5-6-20-18-21-15-4-2-1-3-14(15)17(23)22-18/h1-4,7-8H,5-6,9-10H2,(H2,20,21,22,23). The smallest absolute Gasteiger partial charge is 0.260 e. The van der Waals surface area contributed by atoms with Crippen molar-refractivity contribution in [3.63, 3.8) is 0 Å². The summed E-state index contributed by atoms with van der Waals surface area (Å²) in [5, 5.41) is 3.62. The van der Waals surface area contributed by atoms with Crippen molar-refractivity contribution in [1.82, 2.24) is 9.97 Å². The van der Waals surface area contributed by atoms with E-state index in [1.54, 1.807) is 18.2 Å². The van der Waals surface area contributed by atoms with Gasteiger partial charge in [-0.1, -0.05) is 12.1 Å².